The highest BCUT2D eigenvalue weighted by Gasteiger charge is 2.53. The van der Waals surface area contributed by atoms with Gasteiger partial charge in [0.1, 0.15) is 54.1 Å². The number of nitrogens with zero attached hydrogens (tertiary/aromatic N) is 1. The van der Waals surface area contributed by atoms with Crippen LogP contribution in [0.4, 0.5) is 0 Å². The third-order valence-electron chi connectivity index (χ3n) is 13.0. The first-order valence-electron chi connectivity index (χ1n) is 24.6. The molecule has 0 aromatic heterocycles. The minimum atomic E-state index is -1.84. The molecule has 384 valence electrons. The Bertz CT molecular complexity index is 1420. The number of amides is 1. The highest BCUT2D eigenvalue weighted by Crippen LogP contribution is 2.31. The summed E-state index contributed by atoms with van der Waals surface area (Å²) in [5.41, 5.74) is -0.292. The highest BCUT2D eigenvalue weighted by atomic mass is 16.7. The van der Waals surface area contributed by atoms with Gasteiger partial charge in [-0.2, -0.15) is 0 Å². The lowest BCUT2D eigenvalue weighted by Gasteiger charge is -2.45. The molecule has 2 fully saturated rings. The van der Waals surface area contributed by atoms with Gasteiger partial charge in [-0.15, -0.1) is 0 Å². The number of aliphatic hydroxyl groups excluding tert-OH is 7. The Morgan fingerprint density at radius 2 is 1.12 bits per heavy atom. The summed E-state index contributed by atoms with van der Waals surface area (Å²) in [7, 11) is 1.36. The van der Waals surface area contributed by atoms with E-state index in [9.17, 15) is 65.1 Å². The van der Waals surface area contributed by atoms with E-state index in [1.54, 1.807) is 4.90 Å². The number of carboxylic acid groups (broad SMARTS) is 2. The minimum absolute atomic E-state index is 0.149. The molecule has 0 aliphatic carbocycles. The van der Waals surface area contributed by atoms with Crippen molar-refractivity contribution < 1.29 is 89.0 Å². The molecule has 11 atom stereocenters. The van der Waals surface area contributed by atoms with E-state index >= 15 is 0 Å². The van der Waals surface area contributed by atoms with Crippen LogP contribution in [0.5, 0.6) is 0 Å². The van der Waals surface area contributed by atoms with Gasteiger partial charge in [-0.1, -0.05) is 109 Å². The van der Waals surface area contributed by atoms with E-state index in [1.807, 2.05) is 0 Å². The maximum atomic E-state index is 12.5. The molecule has 0 saturated carbocycles. The monoisotopic (exact) mass is 949 g/mol. The van der Waals surface area contributed by atoms with Gasteiger partial charge in [-0.3, -0.25) is 9.59 Å². The summed E-state index contributed by atoms with van der Waals surface area (Å²) in [6.07, 6.45) is 3.08. The minimum Gasteiger partial charge on any atom is -0.550 e. The fourth-order valence-corrected chi connectivity index (χ4v) is 8.56. The summed E-state index contributed by atoms with van der Waals surface area (Å²) in [5.74, 6) is -4.49. The molecule has 66 heavy (non-hydrogen) atoms. The molecule has 3 rings (SSSR count). The number of ether oxygens (including phenoxy) is 4. The van der Waals surface area contributed by atoms with Crippen LogP contribution >= 0.6 is 0 Å². The second-order valence-electron chi connectivity index (χ2n) is 17.9. The number of likely N-dealkylation sites (N-methyl/N-ethyl adjacent to an activating group) is 1. The van der Waals surface area contributed by atoms with Gasteiger partial charge in [0.05, 0.1) is 32.3 Å². The van der Waals surface area contributed by atoms with Gasteiger partial charge >= 0.3 is 5.97 Å². The van der Waals surface area contributed by atoms with Crippen molar-refractivity contribution in [3.8, 4) is 0 Å². The lowest BCUT2D eigenvalue weighted by Crippen LogP contribution is -3.11. The van der Waals surface area contributed by atoms with E-state index < -0.39 is 110 Å². The number of aliphatic hydroxyl groups is 7. The molecule has 2 saturated heterocycles. The molecule has 0 bridgehead atoms. The standard InChI is InChI=1S/C41H69NO17.C6H15N/c1-42-25(23-28(45)46)30(47)29(38(42)53)26(44)21-19-17-15-13-11-9-7-5-3-2-4-6-8-10-12-14-16-18-20-22-56-40-35(52)33(50)36(37(59-40)39(54)55)58-41-34(51)32(49)31(48)27(24-43)57-41;1-4-7(5-2)6-3/h25,27,31-37,40-41,43,47-52H,2-24H2,1H3,(H,45,46)(H,54,55);4-6H2,1-3H3/t25-,27-,31+,32+,33-,34-,35-,36+,37+,40-,41+;/m1./s1. The van der Waals surface area contributed by atoms with Gasteiger partial charge in [0.25, 0.3) is 5.91 Å². The summed E-state index contributed by atoms with van der Waals surface area (Å²) in [6.45, 7) is 9.92. The number of rotatable bonds is 33. The van der Waals surface area contributed by atoms with Crippen molar-refractivity contribution in [3.05, 3.63) is 11.3 Å². The Hall–Kier alpha value is -2.82. The normalized spacial score (nSPS) is 27.9. The predicted octanol–water partition coefficient (Wildman–Crippen LogP) is 0.814. The molecule has 0 spiro atoms. The third kappa shape index (κ3) is 19.7. The Morgan fingerprint density at radius 1 is 0.667 bits per heavy atom. The fraction of sp³-hybridized carbons (Fsp3) is 0.872. The number of quaternary nitrogens is 1. The molecule has 1 amide bonds. The number of carbonyl (C=O) groups excluding carboxylic acids is 3. The number of carbonyl (C=O) groups is 4. The molecule has 0 unspecified atom stereocenters. The van der Waals surface area contributed by atoms with Crippen LogP contribution in [-0.4, -0.2) is 177 Å². The summed E-state index contributed by atoms with van der Waals surface area (Å²) in [6, 6.07) is -1.05. The Balaban J connectivity index is 0.00000197. The maximum absolute atomic E-state index is 12.5. The van der Waals surface area contributed by atoms with Crippen LogP contribution in [-0.2, 0) is 38.1 Å². The lowest BCUT2D eigenvalue weighted by molar-refractivity contribution is -0.894. The molecular formula is C47H84N2O17. The number of aliphatic carboxylic acids is 2. The molecule has 3 aliphatic heterocycles. The van der Waals surface area contributed by atoms with Crippen molar-refractivity contribution >= 4 is 23.6 Å². The van der Waals surface area contributed by atoms with E-state index in [1.165, 1.54) is 84.5 Å². The first kappa shape index (κ1) is 59.3. The second-order valence-corrected chi connectivity index (χ2v) is 17.9. The molecule has 0 aromatic rings. The van der Waals surface area contributed by atoms with Crippen molar-refractivity contribution in [2.75, 3.05) is 39.9 Å². The van der Waals surface area contributed by atoms with Gasteiger partial charge < -0.3 is 79.5 Å². The van der Waals surface area contributed by atoms with Crippen molar-refractivity contribution in [1.29, 1.82) is 0 Å². The van der Waals surface area contributed by atoms with Gasteiger partial charge in [0.2, 0.25) is 0 Å². The number of carboxylic acids is 2. The zero-order valence-corrected chi connectivity index (χ0v) is 39.9. The summed E-state index contributed by atoms with van der Waals surface area (Å²) in [5, 5.41) is 91.7. The number of nitrogens with one attached hydrogen (secondary N) is 1. The third-order valence-corrected chi connectivity index (χ3v) is 13.0. The molecule has 0 radical (unpaired) electrons. The predicted molar refractivity (Wildman–Crippen MR) is 239 cm³/mol. The van der Waals surface area contributed by atoms with E-state index in [0.717, 1.165) is 56.3 Å². The average Bonchev–Trinajstić information content (AvgIpc) is 3.50. The fourth-order valence-electron chi connectivity index (χ4n) is 8.56. The van der Waals surface area contributed by atoms with Gasteiger partial charge in [0, 0.05) is 32.5 Å². The molecule has 19 heteroatoms. The second kappa shape index (κ2) is 32.8. The first-order chi connectivity index (χ1) is 31.5. The number of ketones is 1. The SMILES string of the molecule is CC[NH+](CC)CC.CN1C(=O)C(C(=O)CCCCCCCCCCCCCCCCCCCCCO[C@@H]2O[C@H](C(=O)O)[C@@H](O[C@@H]3O[C@H](CO)[C@H](O)[C@H](O)[C@H]3O)[C@H](O)[C@H]2O)=C(O)[C@H]1CC(=O)[O-]. The van der Waals surface area contributed by atoms with E-state index in [2.05, 4.69) is 20.8 Å². The topological polar surface area (TPSA) is 298 Å². The molecular weight excluding hydrogens is 865 g/mol. The molecule has 19 nitrogen and oxygen atoms in total. The van der Waals surface area contributed by atoms with Crippen LogP contribution in [0, 0.1) is 0 Å². The zero-order valence-electron chi connectivity index (χ0n) is 39.9. The van der Waals surface area contributed by atoms with Crippen LogP contribution in [0.1, 0.15) is 156 Å². The van der Waals surface area contributed by atoms with Gasteiger partial charge in [-0.25, -0.2) is 4.79 Å². The smallest absolute Gasteiger partial charge is 0.335 e. The van der Waals surface area contributed by atoms with Crippen molar-refractivity contribution in [2.45, 2.75) is 223 Å². The van der Waals surface area contributed by atoms with E-state index in [-0.39, 0.29) is 18.6 Å². The average molecular weight is 949 g/mol. The van der Waals surface area contributed by atoms with E-state index in [0.29, 0.717) is 12.8 Å². The zero-order chi connectivity index (χ0) is 49.2. The van der Waals surface area contributed by atoms with Crippen LogP contribution in [0.3, 0.4) is 0 Å². The maximum Gasteiger partial charge on any atom is 0.335 e. The quantitative estimate of drug-likeness (QED) is 0.0325. The van der Waals surface area contributed by atoms with Gasteiger partial charge in [0.15, 0.2) is 24.5 Å². The first-order valence-corrected chi connectivity index (χ1v) is 24.6. The summed E-state index contributed by atoms with van der Waals surface area (Å²) < 4.78 is 21.6. The van der Waals surface area contributed by atoms with Crippen LogP contribution < -0.4 is 10.0 Å². The van der Waals surface area contributed by atoms with Crippen molar-refractivity contribution in [2.24, 2.45) is 0 Å². The molecule has 3 heterocycles. The van der Waals surface area contributed by atoms with Gasteiger partial charge in [-0.05, 0) is 33.6 Å². The Kier molecular flexibility index (Phi) is 29.5. The van der Waals surface area contributed by atoms with Crippen molar-refractivity contribution in [3.63, 3.8) is 0 Å². The summed E-state index contributed by atoms with van der Waals surface area (Å²) in [4.78, 5) is 50.4. The number of Topliss-reactive ketones (excluding diaryl/α,β-unsaturated/α-hetero) is 1. The molecule has 3 aliphatic rings. The number of hydrogen-bond acceptors (Lipinski definition) is 16. The highest BCUT2D eigenvalue weighted by molar-refractivity contribution is 6.21. The Morgan fingerprint density at radius 3 is 1.55 bits per heavy atom. The number of hydrogen-bond donors (Lipinski definition) is 9. The van der Waals surface area contributed by atoms with E-state index in [4.69, 9.17) is 18.9 Å². The van der Waals surface area contributed by atoms with Crippen LogP contribution in [0.15, 0.2) is 11.3 Å². The number of unbranched alkanes of at least 4 members (excludes halogenated alkanes) is 18. The van der Waals surface area contributed by atoms with Crippen molar-refractivity contribution in [1.82, 2.24) is 4.90 Å². The Labute approximate surface area is 391 Å². The lowest BCUT2D eigenvalue weighted by atomic mass is 9.97. The van der Waals surface area contributed by atoms with Crippen LogP contribution in [0.2, 0.25) is 0 Å². The van der Waals surface area contributed by atoms with Crippen LogP contribution in [0.25, 0.3) is 0 Å². The largest absolute Gasteiger partial charge is 0.550 e. The summed E-state index contributed by atoms with van der Waals surface area (Å²) >= 11 is 0. The molecule has 0 aromatic carbocycles. The molecule has 9 N–H and O–H groups in total.